The smallest absolute Gasteiger partial charge is 0.137 e. The highest BCUT2D eigenvalue weighted by Crippen LogP contribution is 2.17. The van der Waals surface area contributed by atoms with E-state index >= 15 is 0 Å². The Morgan fingerprint density at radius 3 is 2.47 bits per heavy atom. The van der Waals surface area contributed by atoms with E-state index in [1.807, 2.05) is 13.8 Å². The van der Waals surface area contributed by atoms with Gasteiger partial charge in [-0.25, -0.2) is 8.78 Å². The van der Waals surface area contributed by atoms with Gasteiger partial charge in [-0.05, 0) is 26.0 Å². The van der Waals surface area contributed by atoms with Crippen molar-refractivity contribution in [1.29, 1.82) is 0 Å². The topological polar surface area (TPSA) is 30.7 Å². The normalized spacial score (nSPS) is 11.1. The molecule has 0 radical (unpaired) electrons. The number of rotatable bonds is 3. The van der Waals surface area contributed by atoms with E-state index in [1.165, 1.54) is 18.2 Å². The Balaban J connectivity index is 2.35. The molecule has 0 amide bonds. The second-order valence-electron chi connectivity index (χ2n) is 4.13. The Bertz CT molecular complexity index is 500. The van der Waals surface area contributed by atoms with E-state index < -0.39 is 11.6 Å². The maximum Gasteiger partial charge on any atom is 0.137 e. The number of aromatic nitrogens is 3. The fraction of sp³-hybridized carbons (Fsp3) is 0.333. The van der Waals surface area contributed by atoms with Gasteiger partial charge in [0.05, 0.1) is 0 Å². The van der Waals surface area contributed by atoms with Crippen LogP contribution in [0.5, 0.6) is 0 Å². The van der Waals surface area contributed by atoms with E-state index in [9.17, 15) is 8.78 Å². The number of nitrogens with zero attached hydrogens (tertiary/aromatic N) is 3. The van der Waals surface area contributed by atoms with Crippen LogP contribution in [0.2, 0.25) is 0 Å². The molecular formula is C12H13F2N3. The van der Waals surface area contributed by atoms with Gasteiger partial charge in [0.2, 0.25) is 0 Å². The predicted octanol–water partition coefficient (Wildman–Crippen LogP) is 2.73. The summed E-state index contributed by atoms with van der Waals surface area (Å²) in [6, 6.07) is 4.00. The van der Waals surface area contributed by atoms with Crippen molar-refractivity contribution in [3.8, 4) is 0 Å². The van der Waals surface area contributed by atoms with Crippen LogP contribution in [0.15, 0.2) is 24.5 Å². The van der Waals surface area contributed by atoms with Crippen molar-refractivity contribution in [2.75, 3.05) is 0 Å². The van der Waals surface area contributed by atoms with Crippen LogP contribution in [0, 0.1) is 11.6 Å². The maximum atomic E-state index is 13.5. The van der Waals surface area contributed by atoms with Crippen molar-refractivity contribution in [2.45, 2.75) is 26.3 Å². The minimum Gasteiger partial charge on any atom is -0.315 e. The third kappa shape index (κ3) is 2.33. The summed E-state index contributed by atoms with van der Waals surface area (Å²) in [6.07, 6.45) is 1.68. The Hall–Kier alpha value is -1.78. The van der Waals surface area contributed by atoms with Crippen molar-refractivity contribution in [1.82, 2.24) is 14.8 Å². The van der Waals surface area contributed by atoms with Crippen LogP contribution < -0.4 is 0 Å². The fourth-order valence-corrected chi connectivity index (χ4v) is 1.68. The van der Waals surface area contributed by atoms with Gasteiger partial charge in [-0.2, -0.15) is 0 Å². The number of halogens is 2. The molecule has 3 nitrogen and oxygen atoms in total. The molecule has 0 N–H and O–H groups in total. The molecule has 0 aliphatic carbocycles. The van der Waals surface area contributed by atoms with Crippen LogP contribution in [-0.4, -0.2) is 14.8 Å². The average Bonchev–Trinajstić information content (AvgIpc) is 2.72. The van der Waals surface area contributed by atoms with E-state index in [0.717, 1.165) is 0 Å². The van der Waals surface area contributed by atoms with Crippen molar-refractivity contribution in [3.63, 3.8) is 0 Å². The van der Waals surface area contributed by atoms with Crippen LogP contribution >= 0.6 is 0 Å². The molecule has 2 aromatic rings. The van der Waals surface area contributed by atoms with Crippen LogP contribution in [0.25, 0.3) is 0 Å². The number of benzene rings is 1. The summed E-state index contributed by atoms with van der Waals surface area (Å²) in [5.41, 5.74) is 0.0300. The summed E-state index contributed by atoms with van der Waals surface area (Å²) in [5, 5.41) is 7.66. The lowest BCUT2D eigenvalue weighted by Gasteiger charge is -2.10. The van der Waals surface area contributed by atoms with Gasteiger partial charge in [-0.1, -0.05) is 6.07 Å². The zero-order chi connectivity index (χ0) is 12.4. The molecule has 0 bridgehead atoms. The van der Waals surface area contributed by atoms with E-state index in [1.54, 1.807) is 10.9 Å². The largest absolute Gasteiger partial charge is 0.315 e. The summed E-state index contributed by atoms with van der Waals surface area (Å²) < 4.78 is 28.8. The van der Waals surface area contributed by atoms with Gasteiger partial charge in [0.15, 0.2) is 0 Å². The molecule has 0 unspecified atom stereocenters. The zero-order valence-corrected chi connectivity index (χ0v) is 9.69. The second kappa shape index (κ2) is 4.61. The Kier molecular flexibility index (Phi) is 3.17. The molecule has 0 spiro atoms. The minimum absolute atomic E-state index is 0.0300. The number of hydrogen-bond acceptors (Lipinski definition) is 2. The van der Waals surface area contributed by atoms with Crippen molar-refractivity contribution in [3.05, 3.63) is 47.5 Å². The lowest BCUT2D eigenvalue weighted by Crippen LogP contribution is -2.08. The van der Waals surface area contributed by atoms with Gasteiger partial charge in [-0.3, -0.25) is 0 Å². The molecule has 1 aromatic heterocycles. The second-order valence-corrected chi connectivity index (χ2v) is 4.13. The molecule has 0 fully saturated rings. The van der Waals surface area contributed by atoms with Crippen molar-refractivity contribution < 1.29 is 8.78 Å². The summed E-state index contributed by atoms with van der Waals surface area (Å²) in [4.78, 5) is 0. The van der Waals surface area contributed by atoms with Gasteiger partial charge >= 0.3 is 0 Å². The van der Waals surface area contributed by atoms with Crippen LogP contribution in [-0.2, 0) is 6.42 Å². The monoisotopic (exact) mass is 237 g/mol. The van der Waals surface area contributed by atoms with E-state index in [-0.39, 0.29) is 18.0 Å². The SMILES string of the molecule is CC(C)n1cnnc1Cc1c(F)cccc1F. The fourth-order valence-electron chi connectivity index (χ4n) is 1.68. The van der Waals surface area contributed by atoms with E-state index in [2.05, 4.69) is 10.2 Å². The third-order valence-electron chi connectivity index (χ3n) is 2.60. The first-order valence-corrected chi connectivity index (χ1v) is 5.41. The minimum atomic E-state index is -0.552. The lowest BCUT2D eigenvalue weighted by molar-refractivity contribution is 0.541. The summed E-state index contributed by atoms with van der Waals surface area (Å²) >= 11 is 0. The molecule has 0 aliphatic heterocycles. The van der Waals surface area contributed by atoms with Crippen LogP contribution in [0.3, 0.4) is 0 Å². The molecule has 17 heavy (non-hydrogen) atoms. The van der Waals surface area contributed by atoms with Crippen molar-refractivity contribution >= 4 is 0 Å². The highest BCUT2D eigenvalue weighted by atomic mass is 19.1. The molecule has 0 aliphatic rings. The zero-order valence-electron chi connectivity index (χ0n) is 9.69. The molecular weight excluding hydrogens is 224 g/mol. The van der Waals surface area contributed by atoms with Gasteiger partial charge in [0.25, 0.3) is 0 Å². The number of hydrogen-bond donors (Lipinski definition) is 0. The molecule has 2 rings (SSSR count). The Morgan fingerprint density at radius 1 is 1.24 bits per heavy atom. The van der Waals surface area contributed by atoms with Crippen LogP contribution in [0.1, 0.15) is 31.3 Å². The lowest BCUT2D eigenvalue weighted by atomic mass is 10.1. The Morgan fingerprint density at radius 2 is 1.88 bits per heavy atom. The highest BCUT2D eigenvalue weighted by molar-refractivity contribution is 5.23. The summed E-state index contributed by atoms with van der Waals surface area (Å²) in [5.74, 6) is -0.546. The first-order chi connectivity index (χ1) is 8.09. The average molecular weight is 237 g/mol. The Labute approximate surface area is 98.1 Å². The van der Waals surface area contributed by atoms with E-state index in [0.29, 0.717) is 5.82 Å². The molecule has 0 saturated heterocycles. The van der Waals surface area contributed by atoms with Crippen molar-refractivity contribution in [2.24, 2.45) is 0 Å². The van der Waals surface area contributed by atoms with E-state index in [4.69, 9.17) is 0 Å². The first-order valence-electron chi connectivity index (χ1n) is 5.41. The molecule has 0 saturated carbocycles. The first kappa shape index (κ1) is 11.7. The molecule has 5 heteroatoms. The maximum absolute atomic E-state index is 13.5. The van der Waals surface area contributed by atoms with Gasteiger partial charge < -0.3 is 4.57 Å². The van der Waals surface area contributed by atoms with Gasteiger partial charge in [0.1, 0.15) is 23.8 Å². The van der Waals surface area contributed by atoms with Gasteiger partial charge in [0, 0.05) is 18.0 Å². The summed E-state index contributed by atoms with van der Waals surface area (Å²) in [7, 11) is 0. The molecule has 1 aromatic carbocycles. The standard InChI is InChI=1S/C12H13F2N3/c1-8(2)17-7-15-16-12(17)6-9-10(13)4-3-5-11(9)14/h3-5,7-8H,6H2,1-2H3. The van der Waals surface area contributed by atoms with Gasteiger partial charge in [-0.15, -0.1) is 10.2 Å². The molecule has 1 heterocycles. The third-order valence-corrected chi connectivity index (χ3v) is 2.60. The molecule has 90 valence electrons. The predicted molar refractivity (Wildman–Crippen MR) is 59.6 cm³/mol. The quantitative estimate of drug-likeness (QED) is 0.821. The highest BCUT2D eigenvalue weighted by Gasteiger charge is 2.14. The summed E-state index contributed by atoms with van der Waals surface area (Å²) in [6.45, 7) is 3.93. The van der Waals surface area contributed by atoms with Crippen LogP contribution in [0.4, 0.5) is 8.78 Å². The molecule has 0 atom stereocenters.